The van der Waals surface area contributed by atoms with Crippen LogP contribution in [0.4, 0.5) is 0 Å². The van der Waals surface area contributed by atoms with Gasteiger partial charge < -0.3 is 0 Å². The van der Waals surface area contributed by atoms with Crippen molar-refractivity contribution in [3.63, 3.8) is 0 Å². The molecule has 0 heterocycles. The van der Waals surface area contributed by atoms with Crippen molar-refractivity contribution in [2.75, 3.05) is 0 Å². The summed E-state index contributed by atoms with van der Waals surface area (Å²) in [6.07, 6.45) is 14.6. The molecule has 0 N–H and O–H groups in total. The van der Waals surface area contributed by atoms with Crippen molar-refractivity contribution in [2.45, 2.75) is 105 Å². The van der Waals surface area contributed by atoms with Crippen molar-refractivity contribution in [1.82, 2.24) is 0 Å². The summed E-state index contributed by atoms with van der Waals surface area (Å²) in [5.74, 6) is 3.41. The number of allylic oxidation sites excluding steroid dienone is 1. The lowest BCUT2D eigenvalue weighted by atomic mass is 9.43. The third-order valence-electron chi connectivity index (χ3n) is 9.51. The number of hydrogen-bond acceptors (Lipinski definition) is 1. The minimum Gasteiger partial charge on any atom is -0.294 e. The van der Waals surface area contributed by atoms with Crippen molar-refractivity contribution in [3.05, 3.63) is 12.2 Å². The Morgan fingerprint density at radius 1 is 0.963 bits per heavy atom. The van der Waals surface area contributed by atoms with Gasteiger partial charge in [-0.3, -0.25) is 4.79 Å². The van der Waals surface area contributed by atoms with Gasteiger partial charge in [-0.1, -0.05) is 66.9 Å². The van der Waals surface area contributed by atoms with Gasteiger partial charge in [0, 0.05) is 5.92 Å². The average molecular weight is 373 g/mol. The van der Waals surface area contributed by atoms with E-state index < -0.39 is 0 Å². The van der Waals surface area contributed by atoms with E-state index >= 15 is 0 Å². The molecule has 27 heavy (non-hydrogen) atoms. The van der Waals surface area contributed by atoms with Gasteiger partial charge >= 0.3 is 0 Å². The second-order valence-corrected chi connectivity index (χ2v) is 10.4. The first kappa shape index (κ1) is 21.1. The SMILES string of the molecule is C=C1C(=O)C2C3CCC(CCCC)C3(C)CCC2C2(C)CCCCC12.CC. The number of ketones is 1. The number of rotatable bonds is 3. The van der Waals surface area contributed by atoms with Crippen LogP contribution in [0.25, 0.3) is 0 Å². The summed E-state index contributed by atoms with van der Waals surface area (Å²) in [5.41, 5.74) is 1.80. The van der Waals surface area contributed by atoms with Gasteiger partial charge in [-0.05, 0) is 85.0 Å². The minimum atomic E-state index is 0.303. The molecule has 0 saturated heterocycles. The smallest absolute Gasteiger partial charge is 0.162 e. The van der Waals surface area contributed by atoms with Crippen molar-refractivity contribution in [1.29, 1.82) is 0 Å². The van der Waals surface area contributed by atoms with Crippen LogP contribution in [0.5, 0.6) is 0 Å². The Morgan fingerprint density at radius 2 is 1.67 bits per heavy atom. The molecule has 0 aromatic heterocycles. The summed E-state index contributed by atoms with van der Waals surface area (Å²) in [4.78, 5) is 13.5. The first-order chi connectivity index (χ1) is 12.9. The zero-order valence-electron chi connectivity index (χ0n) is 18.8. The summed E-state index contributed by atoms with van der Waals surface area (Å²) in [5, 5.41) is 0. The average Bonchev–Trinajstić information content (AvgIpc) is 3.02. The maximum Gasteiger partial charge on any atom is 0.162 e. The lowest BCUT2D eigenvalue weighted by molar-refractivity contribution is -0.145. The zero-order chi connectivity index (χ0) is 19.8. The molecule has 0 aromatic carbocycles. The quantitative estimate of drug-likeness (QED) is 0.466. The maximum atomic E-state index is 13.5. The van der Waals surface area contributed by atoms with E-state index in [1.807, 2.05) is 13.8 Å². The molecule has 1 nitrogen and oxygen atoms in total. The molecule has 7 atom stereocenters. The van der Waals surface area contributed by atoms with Crippen LogP contribution in [-0.4, -0.2) is 5.78 Å². The van der Waals surface area contributed by atoms with Gasteiger partial charge in [0.15, 0.2) is 5.78 Å². The second kappa shape index (κ2) is 8.03. The Balaban J connectivity index is 0.00000102. The number of hydrogen-bond donors (Lipinski definition) is 0. The number of Topliss-reactive ketones (excluding diaryl/α,β-unsaturated/α-hetero) is 1. The van der Waals surface area contributed by atoms with E-state index in [1.54, 1.807) is 0 Å². The molecule has 4 aliphatic carbocycles. The predicted molar refractivity (Wildman–Crippen MR) is 116 cm³/mol. The largest absolute Gasteiger partial charge is 0.294 e. The number of carbonyl (C=O) groups is 1. The lowest BCUT2D eigenvalue weighted by Crippen LogP contribution is -2.57. The van der Waals surface area contributed by atoms with Crippen molar-refractivity contribution in [2.24, 2.45) is 40.4 Å². The molecule has 4 aliphatic rings. The van der Waals surface area contributed by atoms with Crippen LogP contribution in [-0.2, 0) is 4.79 Å². The first-order valence-electron chi connectivity index (χ1n) is 12.2. The maximum absolute atomic E-state index is 13.5. The van der Waals surface area contributed by atoms with Crippen LogP contribution in [0.15, 0.2) is 12.2 Å². The Kier molecular flexibility index (Phi) is 6.29. The molecule has 4 rings (SSSR count). The molecular weight excluding hydrogens is 328 g/mol. The highest BCUT2D eigenvalue weighted by atomic mass is 16.1. The van der Waals surface area contributed by atoms with Crippen molar-refractivity contribution < 1.29 is 4.79 Å². The van der Waals surface area contributed by atoms with E-state index in [9.17, 15) is 4.79 Å². The van der Waals surface area contributed by atoms with Crippen LogP contribution in [0.2, 0.25) is 0 Å². The van der Waals surface area contributed by atoms with Gasteiger partial charge in [0.25, 0.3) is 0 Å². The highest BCUT2D eigenvalue weighted by molar-refractivity contribution is 5.99. The molecule has 0 amide bonds. The molecule has 0 aliphatic heterocycles. The highest BCUT2D eigenvalue weighted by Gasteiger charge is 2.62. The van der Waals surface area contributed by atoms with E-state index in [-0.39, 0.29) is 0 Å². The van der Waals surface area contributed by atoms with Crippen LogP contribution < -0.4 is 0 Å². The normalized spacial score (nSPS) is 46.0. The summed E-state index contributed by atoms with van der Waals surface area (Å²) in [6.45, 7) is 15.8. The van der Waals surface area contributed by atoms with Gasteiger partial charge in [0.05, 0.1) is 0 Å². The molecule has 4 fully saturated rings. The molecule has 154 valence electrons. The molecule has 4 saturated carbocycles. The Bertz CT molecular complexity index is 563. The van der Waals surface area contributed by atoms with Gasteiger partial charge in [-0.15, -0.1) is 0 Å². The monoisotopic (exact) mass is 372 g/mol. The number of unbranched alkanes of at least 4 members (excludes halogenated alkanes) is 1. The third-order valence-corrected chi connectivity index (χ3v) is 9.51. The van der Waals surface area contributed by atoms with Gasteiger partial charge in [-0.2, -0.15) is 0 Å². The third kappa shape index (κ3) is 3.16. The van der Waals surface area contributed by atoms with Crippen LogP contribution >= 0.6 is 0 Å². The van der Waals surface area contributed by atoms with E-state index in [0.29, 0.717) is 40.3 Å². The Labute approximate surface area is 168 Å². The highest BCUT2D eigenvalue weighted by Crippen LogP contribution is 2.67. The predicted octanol–water partition coefficient (Wildman–Crippen LogP) is 7.60. The fourth-order valence-corrected chi connectivity index (χ4v) is 8.04. The fraction of sp³-hybridized carbons (Fsp3) is 0.885. The topological polar surface area (TPSA) is 17.1 Å². The molecular formula is C26H44O. The summed E-state index contributed by atoms with van der Waals surface area (Å²) in [6, 6.07) is 0. The molecule has 0 aromatic rings. The summed E-state index contributed by atoms with van der Waals surface area (Å²) in [7, 11) is 0. The molecule has 0 spiro atoms. The standard InChI is InChI=1S/C24H38O.C2H6/c1-5-6-9-17-11-12-19-21-20(13-15-23(17,19)3)24(4)14-8-7-10-18(24)16(2)22(21)25;1-2/h17-21H,2,5-15H2,1,3-4H3;1-2H3. The second-order valence-electron chi connectivity index (χ2n) is 10.4. The van der Waals surface area contributed by atoms with E-state index in [1.165, 1.54) is 70.6 Å². The molecule has 7 unspecified atom stereocenters. The Hall–Kier alpha value is -0.590. The van der Waals surface area contributed by atoms with Crippen LogP contribution in [0.1, 0.15) is 105 Å². The van der Waals surface area contributed by atoms with Crippen molar-refractivity contribution >= 4 is 5.78 Å². The van der Waals surface area contributed by atoms with E-state index in [2.05, 4.69) is 27.4 Å². The zero-order valence-corrected chi connectivity index (χ0v) is 18.8. The van der Waals surface area contributed by atoms with Gasteiger partial charge in [-0.25, -0.2) is 0 Å². The lowest BCUT2D eigenvalue weighted by Gasteiger charge is -2.60. The Morgan fingerprint density at radius 3 is 2.37 bits per heavy atom. The molecule has 0 bridgehead atoms. The summed E-state index contributed by atoms with van der Waals surface area (Å²) < 4.78 is 0. The first-order valence-corrected chi connectivity index (χ1v) is 12.2. The van der Waals surface area contributed by atoms with Crippen molar-refractivity contribution in [3.8, 4) is 0 Å². The molecule has 1 heteroatoms. The van der Waals surface area contributed by atoms with Crippen LogP contribution in [0, 0.1) is 40.4 Å². The number of carbonyl (C=O) groups excluding carboxylic acids is 1. The molecule has 0 radical (unpaired) electrons. The van der Waals surface area contributed by atoms with Gasteiger partial charge in [0.1, 0.15) is 0 Å². The fourth-order valence-electron chi connectivity index (χ4n) is 8.04. The number of fused-ring (bicyclic) bond motifs is 5. The van der Waals surface area contributed by atoms with E-state index in [4.69, 9.17) is 0 Å². The van der Waals surface area contributed by atoms with E-state index in [0.717, 1.165) is 11.5 Å². The minimum absolute atomic E-state index is 0.303. The van der Waals surface area contributed by atoms with Gasteiger partial charge in [0.2, 0.25) is 0 Å². The summed E-state index contributed by atoms with van der Waals surface area (Å²) >= 11 is 0. The van der Waals surface area contributed by atoms with Crippen LogP contribution in [0.3, 0.4) is 0 Å².